The number of sulfonamides is 1. The van der Waals surface area contributed by atoms with Gasteiger partial charge in [-0.2, -0.15) is 0 Å². The SMILES string of the molecule is CC1(C)C(=O)N(CCC(=O)ONN)S1(=O)=O. The van der Waals surface area contributed by atoms with Gasteiger partial charge in [-0.05, 0) is 13.8 Å². The van der Waals surface area contributed by atoms with Crippen LogP contribution in [0, 0.1) is 0 Å². The Morgan fingerprint density at radius 2 is 2.12 bits per heavy atom. The Balaban J connectivity index is 2.59. The minimum absolute atomic E-state index is 0.231. The van der Waals surface area contributed by atoms with Crippen LogP contribution in [0.2, 0.25) is 0 Å². The van der Waals surface area contributed by atoms with E-state index in [1.54, 1.807) is 5.59 Å². The number of rotatable bonds is 4. The lowest BCUT2D eigenvalue weighted by Gasteiger charge is -2.42. The molecular formula is C7H13N3O5S. The van der Waals surface area contributed by atoms with Crippen LogP contribution in [0.15, 0.2) is 0 Å². The van der Waals surface area contributed by atoms with Crippen LogP contribution < -0.4 is 11.4 Å². The van der Waals surface area contributed by atoms with Crippen molar-refractivity contribution in [2.75, 3.05) is 6.54 Å². The average molecular weight is 251 g/mol. The third-order valence-electron chi connectivity index (χ3n) is 2.37. The van der Waals surface area contributed by atoms with Gasteiger partial charge >= 0.3 is 5.97 Å². The Morgan fingerprint density at radius 1 is 1.56 bits per heavy atom. The number of hydrogen-bond acceptors (Lipinski definition) is 7. The summed E-state index contributed by atoms with van der Waals surface area (Å²) in [5, 5.41) is 0. The van der Waals surface area contributed by atoms with Gasteiger partial charge in [-0.1, -0.05) is 5.59 Å². The summed E-state index contributed by atoms with van der Waals surface area (Å²) in [6.45, 7) is 2.41. The molecule has 8 nitrogen and oxygen atoms in total. The third kappa shape index (κ3) is 1.77. The van der Waals surface area contributed by atoms with E-state index in [-0.39, 0.29) is 13.0 Å². The Morgan fingerprint density at radius 3 is 2.56 bits per heavy atom. The van der Waals surface area contributed by atoms with E-state index >= 15 is 0 Å². The fraction of sp³-hybridized carbons (Fsp3) is 0.714. The molecule has 0 radical (unpaired) electrons. The molecule has 0 aromatic rings. The van der Waals surface area contributed by atoms with E-state index in [9.17, 15) is 18.0 Å². The number of carbonyl (C=O) groups is 2. The Kier molecular flexibility index (Phi) is 3.22. The summed E-state index contributed by atoms with van der Waals surface area (Å²) < 4.78 is 22.4. The molecule has 0 aromatic heterocycles. The van der Waals surface area contributed by atoms with Crippen LogP contribution in [0.4, 0.5) is 0 Å². The lowest BCUT2D eigenvalue weighted by Crippen LogP contribution is -2.67. The summed E-state index contributed by atoms with van der Waals surface area (Å²) in [7, 11) is -3.64. The number of hydrazine groups is 1. The summed E-state index contributed by atoms with van der Waals surface area (Å²) in [4.78, 5) is 26.5. The molecule has 1 saturated heterocycles. The maximum absolute atomic E-state index is 11.6. The number of nitrogens with one attached hydrogen (secondary N) is 1. The molecule has 0 atom stereocenters. The Hall–Kier alpha value is -1.19. The molecule has 0 unspecified atom stereocenters. The summed E-state index contributed by atoms with van der Waals surface area (Å²) in [6.07, 6.45) is -0.245. The van der Waals surface area contributed by atoms with E-state index in [0.29, 0.717) is 4.31 Å². The highest BCUT2D eigenvalue weighted by molar-refractivity contribution is 7.94. The lowest BCUT2D eigenvalue weighted by molar-refractivity contribution is -0.151. The van der Waals surface area contributed by atoms with Crippen LogP contribution in [0.5, 0.6) is 0 Å². The molecule has 1 aliphatic rings. The molecule has 0 aliphatic carbocycles. The quantitative estimate of drug-likeness (QED) is 0.449. The normalized spacial score (nSPS) is 21.4. The zero-order valence-electron chi connectivity index (χ0n) is 8.89. The monoisotopic (exact) mass is 251 g/mol. The number of nitrogens with two attached hydrogens (primary N) is 1. The van der Waals surface area contributed by atoms with Gasteiger partial charge < -0.3 is 4.84 Å². The molecular weight excluding hydrogens is 238 g/mol. The van der Waals surface area contributed by atoms with Crippen molar-refractivity contribution in [2.45, 2.75) is 25.0 Å². The van der Waals surface area contributed by atoms with E-state index in [4.69, 9.17) is 5.84 Å². The van der Waals surface area contributed by atoms with Crippen molar-refractivity contribution in [3.05, 3.63) is 0 Å². The van der Waals surface area contributed by atoms with Gasteiger partial charge in [0.1, 0.15) is 0 Å². The van der Waals surface area contributed by atoms with Crippen molar-refractivity contribution >= 4 is 21.9 Å². The standard InChI is InChI=1S/C7H13N3O5S/c1-7(2)6(12)10(16(7,13)14)4-3-5(11)15-9-8/h9H,3-4,8H2,1-2H3. The van der Waals surface area contributed by atoms with Gasteiger partial charge in [-0.3, -0.25) is 9.59 Å². The molecule has 1 fully saturated rings. The van der Waals surface area contributed by atoms with Crippen LogP contribution in [0.1, 0.15) is 20.3 Å². The second-order valence-electron chi connectivity index (χ2n) is 3.73. The number of carbonyl (C=O) groups excluding carboxylic acids is 2. The van der Waals surface area contributed by atoms with Gasteiger partial charge in [0.2, 0.25) is 0 Å². The van der Waals surface area contributed by atoms with Crippen LogP contribution in [0.25, 0.3) is 0 Å². The topological polar surface area (TPSA) is 119 Å². The van der Waals surface area contributed by atoms with Crippen LogP contribution in [0.3, 0.4) is 0 Å². The lowest BCUT2D eigenvalue weighted by atomic mass is 10.2. The molecule has 1 amide bonds. The van der Waals surface area contributed by atoms with E-state index in [1.165, 1.54) is 13.8 Å². The van der Waals surface area contributed by atoms with E-state index in [0.717, 1.165) is 0 Å². The molecule has 3 N–H and O–H groups in total. The molecule has 9 heteroatoms. The summed E-state index contributed by atoms with van der Waals surface area (Å²) >= 11 is 0. The highest BCUT2D eigenvalue weighted by Crippen LogP contribution is 2.34. The highest BCUT2D eigenvalue weighted by atomic mass is 32.2. The van der Waals surface area contributed by atoms with Gasteiger partial charge in [0.25, 0.3) is 15.9 Å². The second-order valence-corrected chi connectivity index (χ2v) is 6.15. The van der Waals surface area contributed by atoms with Gasteiger partial charge in [-0.25, -0.2) is 18.6 Å². The fourth-order valence-electron chi connectivity index (χ4n) is 1.29. The maximum atomic E-state index is 11.6. The molecule has 1 aliphatic heterocycles. The fourth-order valence-corrected chi connectivity index (χ4v) is 2.82. The van der Waals surface area contributed by atoms with Crippen molar-refractivity contribution < 1.29 is 22.8 Å². The van der Waals surface area contributed by atoms with Gasteiger partial charge in [-0.15, -0.1) is 0 Å². The molecule has 92 valence electrons. The summed E-state index contributed by atoms with van der Waals surface area (Å²) in [5.41, 5.74) is 1.67. The predicted molar refractivity (Wildman–Crippen MR) is 52.7 cm³/mol. The zero-order chi connectivity index (χ0) is 12.6. The number of nitrogens with zero attached hydrogens (tertiary/aromatic N) is 1. The van der Waals surface area contributed by atoms with Crippen molar-refractivity contribution in [3.63, 3.8) is 0 Å². The second kappa shape index (κ2) is 4.00. The maximum Gasteiger partial charge on any atom is 0.328 e. The summed E-state index contributed by atoms with van der Waals surface area (Å²) in [6, 6.07) is 0. The first-order valence-electron chi connectivity index (χ1n) is 4.47. The van der Waals surface area contributed by atoms with Crippen LogP contribution in [-0.2, 0) is 24.4 Å². The minimum atomic E-state index is -3.64. The first-order valence-corrected chi connectivity index (χ1v) is 5.91. The molecule has 0 spiro atoms. The number of amides is 1. The van der Waals surface area contributed by atoms with Crippen molar-refractivity contribution in [2.24, 2.45) is 5.84 Å². The number of hydrogen-bond donors (Lipinski definition) is 2. The average Bonchev–Trinajstić information content (AvgIpc) is 2.17. The first kappa shape index (κ1) is 12.9. The predicted octanol–water partition coefficient (Wildman–Crippen LogP) is -1.75. The van der Waals surface area contributed by atoms with Gasteiger partial charge in [0.15, 0.2) is 4.75 Å². The molecule has 0 aromatic carbocycles. The molecule has 1 heterocycles. The van der Waals surface area contributed by atoms with Crippen LogP contribution in [-0.4, -0.2) is 35.9 Å². The molecule has 0 saturated carbocycles. The van der Waals surface area contributed by atoms with Gasteiger partial charge in [0.05, 0.1) is 6.42 Å². The van der Waals surface area contributed by atoms with E-state index < -0.39 is 26.6 Å². The van der Waals surface area contributed by atoms with E-state index in [1.807, 2.05) is 0 Å². The largest absolute Gasteiger partial charge is 0.356 e. The van der Waals surface area contributed by atoms with Crippen molar-refractivity contribution in [1.29, 1.82) is 0 Å². The minimum Gasteiger partial charge on any atom is -0.356 e. The first-order chi connectivity index (χ1) is 7.25. The van der Waals surface area contributed by atoms with Gasteiger partial charge in [0, 0.05) is 6.54 Å². The highest BCUT2D eigenvalue weighted by Gasteiger charge is 2.59. The Bertz CT molecular complexity index is 416. The summed E-state index contributed by atoms with van der Waals surface area (Å²) in [5.74, 6) is 3.45. The third-order valence-corrected chi connectivity index (χ3v) is 4.76. The van der Waals surface area contributed by atoms with E-state index in [2.05, 4.69) is 4.84 Å². The zero-order valence-corrected chi connectivity index (χ0v) is 9.70. The van der Waals surface area contributed by atoms with Crippen molar-refractivity contribution in [1.82, 2.24) is 9.89 Å². The molecule has 16 heavy (non-hydrogen) atoms. The Labute approximate surface area is 92.7 Å². The molecule has 1 rings (SSSR count). The smallest absolute Gasteiger partial charge is 0.328 e. The van der Waals surface area contributed by atoms with Crippen molar-refractivity contribution in [3.8, 4) is 0 Å². The van der Waals surface area contributed by atoms with Crippen LogP contribution >= 0.6 is 0 Å². The molecule has 0 bridgehead atoms.